The van der Waals surface area contributed by atoms with Crippen LogP contribution in [0, 0.1) is 3.57 Å². The van der Waals surface area contributed by atoms with Gasteiger partial charge in [0.1, 0.15) is 11.0 Å². The summed E-state index contributed by atoms with van der Waals surface area (Å²) in [5.41, 5.74) is 2.00. The lowest BCUT2D eigenvalue weighted by Gasteiger charge is -2.11. The highest BCUT2D eigenvalue weighted by atomic mass is 127. The van der Waals surface area contributed by atoms with Gasteiger partial charge in [-0.05, 0) is 40.1 Å². The number of hydrogen-bond acceptors (Lipinski definition) is 2. The van der Waals surface area contributed by atoms with E-state index in [2.05, 4.69) is 46.4 Å². The summed E-state index contributed by atoms with van der Waals surface area (Å²) in [5, 5.41) is 1.24. The first-order chi connectivity index (χ1) is 8.99. The zero-order valence-corrected chi connectivity index (χ0v) is 14.3. The molecule has 0 N–H and O–H groups in total. The molecule has 0 unspecified atom stereocenters. The van der Waals surface area contributed by atoms with Gasteiger partial charge in [0.25, 0.3) is 0 Å². The Morgan fingerprint density at radius 2 is 1.84 bits per heavy atom. The molecule has 0 fully saturated rings. The van der Waals surface area contributed by atoms with E-state index in [1.165, 1.54) is 0 Å². The molecule has 19 heavy (non-hydrogen) atoms. The van der Waals surface area contributed by atoms with Gasteiger partial charge in [0.2, 0.25) is 0 Å². The fraction of sp³-hybridized carbons (Fsp3) is 0.286. The van der Waals surface area contributed by atoms with Gasteiger partial charge in [0.15, 0.2) is 0 Å². The van der Waals surface area contributed by atoms with E-state index in [4.69, 9.17) is 23.2 Å². The summed E-state index contributed by atoms with van der Waals surface area (Å²) < 4.78 is 0.928. The number of rotatable bonds is 3. The number of halogens is 3. The van der Waals surface area contributed by atoms with E-state index in [-0.39, 0.29) is 0 Å². The Bertz CT molecular complexity index is 600. The van der Waals surface area contributed by atoms with Crippen molar-refractivity contribution >= 4 is 45.8 Å². The van der Waals surface area contributed by atoms with Gasteiger partial charge in [-0.25, -0.2) is 9.97 Å². The van der Waals surface area contributed by atoms with Gasteiger partial charge in [-0.1, -0.05) is 55.2 Å². The van der Waals surface area contributed by atoms with E-state index < -0.39 is 0 Å². The maximum absolute atomic E-state index is 6.18. The van der Waals surface area contributed by atoms with Crippen LogP contribution in [0.4, 0.5) is 0 Å². The SMILES string of the molecule is CC(C)c1nc(Cc2ccccc2Cl)nc(Cl)c1I. The first kappa shape index (κ1) is 15.0. The molecule has 0 saturated heterocycles. The highest BCUT2D eigenvalue weighted by Crippen LogP contribution is 2.26. The van der Waals surface area contributed by atoms with Crippen LogP contribution in [0.3, 0.4) is 0 Å². The van der Waals surface area contributed by atoms with Gasteiger partial charge in [-0.2, -0.15) is 0 Å². The third-order valence-corrected chi connectivity index (χ3v) is 4.76. The molecule has 0 aliphatic rings. The Hall–Kier alpha value is -0.390. The van der Waals surface area contributed by atoms with Crippen LogP contribution >= 0.6 is 45.8 Å². The van der Waals surface area contributed by atoms with Crippen LogP contribution in [-0.2, 0) is 6.42 Å². The molecule has 100 valence electrons. The largest absolute Gasteiger partial charge is 0.236 e. The summed E-state index contributed by atoms with van der Waals surface area (Å²) in [6.07, 6.45) is 0.593. The molecule has 2 aromatic rings. The molecule has 0 atom stereocenters. The summed E-state index contributed by atoms with van der Waals surface area (Å²) in [7, 11) is 0. The fourth-order valence-corrected chi connectivity index (χ4v) is 3.02. The minimum Gasteiger partial charge on any atom is -0.236 e. The molecule has 0 amide bonds. The number of nitrogens with zero attached hydrogens (tertiary/aromatic N) is 2. The number of benzene rings is 1. The first-order valence-corrected chi connectivity index (χ1v) is 7.77. The van der Waals surface area contributed by atoms with Crippen molar-refractivity contribution in [3.63, 3.8) is 0 Å². The normalized spacial score (nSPS) is 11.1. The smallest absolute Gasteiger partial charge is 0.146 e. The summed E-state index contributed by atoms with van der Waals surface area (Å²) in [5.74, 6) is 1.03. The topological polar surface area (TPSA) is 25.8 Å². The van der Waals surface area contributed by atoms with Crippen molar-refractivity contribution in [2.75, 3.05) is 0 Å². The van der Waals surface area contributed by atoms with Gasteiger partial charge in [0.05, 0.1) is 9.26 Å². The average Bonchev–Trinajstić information content (AvgIpc) is 2.36. The molecular weight excluding hydrogens is 394 g/mol. The van der Waals surface area contributed by atoms with Crippen molar-refractivity contribution in [3.8, 4) is 0 Å². The maximum atomic E-state index is 6.18. The van der Waals surface area contributed by atoms with E-state index in [1.807, 2.05) is 24.3 Å². The second-order valence-corrected chi connectivity index (χ2v) is 6.40. The van der Waals surface area contributed by atoms with Gasteiger partial charge in [-0.15, -0.1) is 0 Å². The molecule has 5 heteroatoms. The van der Waals surface area contributed by atoms with E-state index in [0.717, 1.165) is 19.9 Å². The van der Waals surface area contributed by atoms with Crippen molar-refractivity contribution in [3.05, 3.63) is 55.1 Å². The van der Waals surface area contributed by atoms with E-state index >= 15 is 0 Å². The Kier molecular flexibility index (Phi) is 5.03. The number of hydrogen-bond donors (Lipinski definition) is 0. The van der Waals surface area contributed by atoms with E-state index in [0.29, 0.717) is 23.3 Å². The zero-order chi connectivity index (χ0) is 14.0. The quantitative estimate of drug-likeness (QED) is 0.523. The second kappa shape index (κ2) is 6.37. The summed E-state index contributed by atoms with van der Waals surface area (Å²) in [4.78, 5) is 8.95. The van der Waals surface area contributed by atoms with Gasteiger partial charge in [-0.3, -0.25) is 0 Å². The Morgan fingerprint density at radius 1 is 1.16 bits per heavy atom. The molecule has 1 heterocycles. The van der Waals surface area contributed by atoms with Crippen LogP contribution < -0.4 is 0 Å². The Labute approximate surface area is 136 Å². The van der Waals surface area contributed by atoms with Crippen molar-refractivity contribution in [2.45, 2.75) is 26.2 Å². The third kappa shape index (κ3) is 3.58. The van der Waals surface area contributed by atoms with Crippen LogP contribution in [0.1, 0.15) is 36.8 Å². The molecule has 0 aliphatic heterocycles. The third-order valence-electron chi connectivity index (χ3n) is 2.74. The predicted molar refractivity (Wildman–Crippen MR) is 88.1 cm³/mol. The van der Waals surface area contributed by atoms with E-state index in [9.17, 15) is 0 Å². The first-order valence-electron chi connectivity index (χ1n) is 5.94. The highest BCUT2D eigenvalue weighted by Gasteiger charge is 2.14. The van der Waals surface area contributed by atoms with Crippen molar-refractivity contribution < 1.29 is 0 Å². The fourth-order valence-electron chi connectivity index (χ4n) is 1.75. The van der Waals surface area contributed by atoms with Crippen LogP contribution in [0.2, 0.25) is 10.2 Å². The second-order valence-electron chi connectivity index (χ2n) is 4.55. The molecule has 0 spiro atoms. The lowest BCUT2D eigenvalue weighted by molar-refractivity contribution is 0.783. The zero-order valence-electron chi connectivity index (χ0n) is 10.6. The van der Waals surface area contributed by atoms with Crippen molar-refractivity contribution in [1.29, 1.82) is 0 Å². The molecule has 0 bridgehead atoms. The monoisotopic (exact) mass is 406 g/mol. The average molecular weight is 407 g/mol. The van der Waals surface area contributed by atoms with Crippen molar-refractivity contribution in [1.82, 2.24) is 9.97 Å². The van der Waals surface area contributed by atoms with Crippen LogP contribution in [0.5, 0.6) is 0 Å². The highest BCUT2D eigenvalue weighted by molar-refractivity contribution is 14.1. The molecule has 0 radical (unpaired) electrons. The molecule has 0 saturated carbocycles. The molecule has 0 aliphatic carbocycles. The van der Waals surface area contributed by atoms with Gasteiger partial charge in [0, 0.05) is 11.4 Å². The molecule has 2 nitrogen and oxygen atoms in total. The molecule has 1 aromatic carbocycles. The predicted octanol–water partition coefficient (Wildman–Crippen LogP) is 5.10. The van der Waals surface area contributed by atoms with Gasteiger partial charge < -0.3 is 0 Å². The van der Waals surface area contributed by atoms with Crippen molar-refractivity contribution in [2.24, 2.45) is 0 Å². The van der Waals surface area contributed by atoms with Crippen LogP contribution in [-0.4, -0.2) is 9.97 Å². The number of aromatic nitrogens is 2. The minimum atomic E-state index is 0.317. The molecule has 2 rings (SSSR count). The summed E-state index contributed by atoms with van der Waals surface area (Å²) in [6.45, 7) is 4.19. The summed E-state index contributed by atoms with van der Waals surface area (Å²) in [6, 6.07) is 7.72. The van der Waals surface area contributed by atoms with E-state index in [1.54, 1.807) is 0 Å². The van der Waals surface area contributed by atoms with Crippen LogP contribution in [0.25, 0.3) is 0 Å². The standard InChI is InChI=1S/C14H13Cl2IN2/c1-8(2)13-12(17)14(16)19-11(18-13)7-9-5-3-4-6-10(9)15/h3-6,8H,7H2,1-2H3. The Balaban J connectivity index is 2.39. The summed E-state index contributed by atoms with van der Waals surface area (Å²) >= 11 is 14.5. The molecule has 1 aromatic heterocycles. The molecular formula is C14H13Cl2IN2. The van der Waals surface area contributed by atoms with Crippen LogP contribution in [0.15, 0.2) is 24.3 Å². The maximum Gasteiger partial charge on any atom is 0.146 e. The minimum absolute atomic E-state index is 0.317. The lowest BCUT2D eigenvalue weighted by atomic mass is 10.1. The Morgan fingerprint density at radius 3 is 2.47 bits per heavy atom. The van der Waals surface area contributed by atoms with Gasteiger partial charge >= 0.3 is 0 Å². The lowest BCUT2D eigenvalue weighted by Crippen LogP contribution is -2.06.